The minimum atomic E-state index is 0.437. The Morgan fingerprint density at radius 2 is 2.14 bits per heavy atom. The fourth-order valence-electron chi connectivity index (χ4n) is 0.977. The van der Waals surface area contributed by atoms with E-state index in [4.69, 9.17) is 5.26 Å². The van der Waals surface area contributed by atoms with Crippen molar-refractivity contribution in [1.29, 1.82) is 5.26 Å². The second kappa shape index (κ2) is 5.83. The zero-order chi connectivity index (χ0) is 10.4. The number of anilines is 1. The van der Waals surface area contributed by atoms with Gasteiger partial charge in [-0.3, -0.25) is 0 Å². The Bertz CT molecular complexity index is 313. The molecule has 0 saturated heterocycles. The van der Waals surface area contributed by atoms with E-state index in [0.717, 1.165) is 22.6 Å². The van der Waals surface area contributed by atoms with Crippen LogP contribution in [0.1, 0.15) is 13.8 Å². The maximum absolute atomic E-state index is 8.41. The maximum Gasteiger partial charge on any atom is 0.209 e. The number of nitriles is 1. The van der Waals surface area contributed by atoms with Gasteiger partial charge in [0.15, 0.2) is 4.34 Å². The summed E-state index contributed by atoms with van der Waals surface area (Å²) in [5, 5.41) is 17.4. The van der Waals surface area contributed by atoms with Crippen LogP contribution in [-0.4, -0.2) is 29.0 Å². The molecule has 0 aliphatic carbocycles. The average molecular weight is 228 g/mol. The predicted molar refractivity (Wildman–Crippen MR) is 59.8 cm³/mol. The van der Waals surface area contributed by atoms with Crippen LogP contribution in [-0.2, 0) is 0 Å². The summed E-state index contributed by atoms with van der Waals surface area (Å²) in [4.78, 5) is 2.15. The highest BCUT2D eigenvalue weighted by atomic mass is 32.2. The summed E-state index contributed by atoms with van der Waals surface area (Å²) in [5.74, 6) is 0.437. The lowest BCUT2D eigenvalue weighted by Crippen LogP contribution is -2.21. The Labute approximate surface area is 91.9 Å². The van der Waals surface area contributed by atoms with E-state index < -0.39 is 0 Å². The summed E-state index contributed by atoms with van der Waals surface area (Å²) in [7, 11) is 0. The first-order chi connectivity index (χ1) is 6.81. The van der Waals surface area contributed by atoms with Gasteiger partial charge in [-0.2, -0.15) is 5.26 Å². The van der Waals surface area contributed by atoms with Crippen LogP contribution < -0.4 is 4.90 Å². The van der Waals surface area contributed by atoms with Crippen LogP contribution in [0.3, 0.4) is 0 Å². The van der Waals surface area contributed by atoms with E-state index in [9.17, 15) is 0 Å². The minimum absolute atomic E-state index is 0.437. The second-order valence-corrected chi connectivity index (χ2v) is 4.65. The first-order valence-electron chi connectivity index (χ1n) is 4.40. The molecule has 0 fully saturated rings. The average Bonchev–Trinajstić information content (AvgIpc) is 2.65. The van der Waals surface area contributed by atoms with E-state index in [1.807, 2.05) is 0 Å². The molecule has 4 nitrogen and oxygen atoms in total. The van der Waals surface area contributed by atoms with E-state index in [0.29, 0.717) is 5.75 Å². The summed E-state index contributed by atoms with van der Waals surface area (Å²) in [6, 6.07) is 2.07. The van der Waals surface area contributed by atoms with E-state index in [2.05, 4.69) is 35.0 Å². The fraction of sp³-hybridized carbons (Fsp3) is 0.625. The van der Waals surface area contributed by atoms with Crippen LogP contribution in [0, 0.1) is 11.3 Å². The van der Waals surface area contributed by atoms with Gasteiger partial charge in [-0.15, -0.1) is 10.2 Å². The van der Waals surface area contributed by atoms with Crippen molar-refractivity contribution in [2.24, 2.45) is 0 Å². The van der Waals surface area contributed by atoms with Gasteiger partial charge in [0.1, 0.15) is 0 Å². The van der Waals surface area contributed by atoms with Crippen LogP contribution in [0.2, 0.25) is 0 Å². The second-order valence-electron chi connectivity index (χ2n) is 2.47. The van der Waals surface area contributed by atoms with Crippen molar-refractivity contribution in [3.05, 3.63) is 0 Å². The third-order valence-electron chi connectivity index (χ3n) is 1.69. The SMILES string of the molecule is CCN(CC)c1nnc(SCC#N)s1. The van der Waals surface area contributed by atoms with Crippen molar-refractivity contribution in [3.8, 4) is 6.07 Å². The van der Waals surface area contributed by atoms with Crippen LogP contribution in [0.5, 0.6) is 0 Å². The lowest BCUT2D eigenvalue weighted by molar-refractivity contribution is 0.841. The zero-order valence-corrected chi connectivity index (χ0v) is 9.86. The Balaban J connectivity index is 2.62. The molecular weight excluding hydrogens is 216 g/mol. The van der Waals surface area contributed by atoms with Crippen molar-refractivity contribution < 1.29 is 0 Å². The van der Waals surface area contributed by atoms with Gasteiger partial charge in [-0.1, -0.05) is 23.1 Å². The van der Waals surface area contributed by atoms with Crippen molar-refractivity contribution in [2.45, 2.75) is 18.2 Å². The lowest BCUT2D eigenvalue weighted by Gasteiger charge is -2.15. The first kappa shape index (κ1) is 11.3. The molecule has 76 valence electrons. The van der Waals surface area contributed by atoms with Crippen molar-refractivity contribution in [3.63, 3.8) is 0 Å². The third-order valence-corrected chi connectivity index (χ3v) is 3.67. The summed E-state index contributed by atoms with van der Waals surface area (Å²) in [5.41, 5.74) is 0. The number of hydrogen-bond donors (Lipinski definition) is 0. The fourth-order valence-corrected chi connectivity index (χ4v) is 2.61. The van der Waals surface area contributed by atoms with Gasteiger partial charge in [0.25, 0.3) is 0 Å². The molecule has 0 spiro atoms. The monoisotopic (exact) mass is 228 g/mol. The normalized spacial score (nSPS) is 9.79. The number of hydrogen-bond acceptors (Lipinski definition) is 6. The molecule has 1 aromatic rings. The van der Waals surface area contributed by atoms with Crippen molar-refractivity contribution >= 4 is 28.2 Å². The Kier molecular flexibility index (Phi) is 4.70. The summed E-state index contributed by atoms with van der Waals surface area (Å²) in [6.07, 6.45) is 0. The van der Waals surface area contributed by atoms with E-state index in [-0.39, 0.29) is 0 Å². The van der Waals surface area contributed by atoms with Gasteiger partial charge in [0.2, 0.25) is 5.13 Å². The molecule has 0 saturated carbocycles. The summed E-state index contributed by atoms with van der Waals surface area (Å²) >= 11 is 2.98. The quantitative estimate of drug-likeness (QED) is 0.721. The van der Waals surface area contributed by atoms with Crippen LogP contribution in [0.25, 0.3) is 0 Å². The summed E-state index contributed by atoms with van der Waals surface area (Å²) < 4.78 is 0.869. The standard InChI is InChI=1S/C8H12N4S2/c1-3-12(4-2)7-10-11-8(14-7)13-6-5-9/h3-4,6H2,1-2H3. The van der Waals surface area contributed by atoms with E-state index in [1.165, 1.54) is 11.8 Å². The molecule has 6 heteroatoms. The Morgan fingerprint density at radius 1 is 1.43 bits per heavy atom. The van der Waals surface area contributed by atoms with Crippen LogP contribution in [0.15, 0.2) is 4.34 Å². The Hall–Kier alpha value is -0.800. The molecule has 1 rings (SSSR count). The largest absolute Gasteiger partial charge is 0.347 e. The summed E-state index contributed by atoms with van der Waals surface area (Å²) in [6.45, 7) is 6.06. The third kappa shape index (κ3) is 2.86. The molecule has 0 amide bonds. The highest BCUT2D eigenvalue weighted by Gasteiger charge is 2.09. The van der Waals surface area contributed by atoms with Crippen LogP contribution >= 0.6 is 23.1 Å². The molecule has 0 N–H and O–H groups in total. The van der Waals surface area contributed by atoms with E-state index >= 15 is 0 Å². The lowest BCUT2D eigenvalue weighted by atomic mass is 10.6. The molecule has 0 bridgehead atoms. The predicted octanol–water partition coefficient (Wildman–Crippen LogP) is 2.00. The van der Waals surface area contributed by atoms with Gasteiger partial charge in [0, 0.05) is 13.1 Å². The van der Waals surface area contributed by atoms with Gasteiger partial charge in [0.05, 0.1) is 11.8 Å². The molecule has 0 aliphatic rings. The minimum Gasteiger partial charge on any atom is -0.347 e. The first-order valence-corrected chi connectivity index (χ1v) is 6.20. The molecule has 0 radical (unpaired) electrons. The number of nitrogens with zero attached hydrogens (tertiary/aromatic N) is 4. The highest BCUT2D eigenvalue weighted by Crippen LogP contribution is 2.27. The molecule has 1 heterocycles. The smallest absolute Gasteiger partial charge is 0.209 e. The van der Waals surface area contributed by atoms with Gasteiger partial charge >= 0.3 is 0 Å². The number of rotatable bonds is 5. The number of aromatic nitrogens is 2. The zero-order valence-electron chi connectivity index (χ0n) is 8.23. The molecule has 0 aromatic carbocycles. The molecular formula is C8H12N4S2. The van der Waals surface area contributed by atoms with Crippen LogP contribution in [0.4, 0.5) is 5.13 Å². The molecule has 1 aromatic heterocycles. The highest BCUT2D eigenvalue weighted by molar-refractivity contribution is 8.01. The Morgan fingerprint density at radius 3 is 2.71 bits per heavy atom. The van der Waals surface area contributed by atoms with Gasteiger partial charge < -0.3 is 4.90 Å². The van der Waals surface area contributed by atoms with Crippen molar-refractivity contribution in [1.82, 2.24) is 10.2 Å². The maximum atomic E-state index is 8.41. The topological polar surface area (TPSA) is 52.8 Å². The van der Waals surface area contributed by atoms with Crippen molar-refractivity contribution in [2.75, 3.05) is 23.7 Å². The molecule has 0 unspecified atom stereocenters. The molecule has 14 heavy (non-hydrogen) atoms. The van der Waals surface area contributed by atoms with Gasteiger partial charge in [-0.05, 0) is 13.8 Å². The molecule has 0 atom stereocenters. The van der Waals surface area contributed by atoms with Gasteiger partial charge in [-0.25, -0.2) is 0 Å². The van der Waals surface area contributed by atoms with E-state index in [1.54, 1.807) is 11.3 Å². The number of thioether (sulfide) groups is 1. The molecule has 0 aliphatic heterocycles.